The maximum absolute atomic E-state index is 12.4. The lowest BCUT2D eigenvalue weighted by molar-refractivity contribution is -0.274. The fourth-order valence-corrected chi connectivity index (χ4v) is 3.26. The van der Waals surface area contributed by atoms with Crippen molar-refractivity contribution in [1.82, 2.24) is 10.2 Å². The van der Waals surface area contributed by atoms with Crippen molar-refractivity contribution in [2.45, 2.75) is 19.3 Å². The SMILES string of the molecule is Cc1ccc([C@H](c2ccc(OC(F)(F)F)cc2)N2CCNCC2)c(O)c1.Cl.Cl. The molecule has 3 rings (SSSR count). The molecule has 1 atom stereocenters. The van der Waals surface area contributed by atoms with E-state index in [0.29, 0.717) is 0 Å². The second kappa shape index (κ2) is 10.2. The molecule has 0 radical (unpaired) electrons. The van der Waals surface area contributed by atoms with Crippen molar-refractivity contribution < 1.29 is 23.0 Å². The van der Waals surface area contributed by atoms with E-state index in [1.54, 1.807) is 18.2 Å². The number of phenolic OH excluding ortho intramolecular Hbond substituents is 1. The highest BCUT2D eigenvalue weighted by Crippen LogP contribution is 2.36. The average molecular weight is 439 g/mol. The van der Waals surface area contributed by atoms with E-state index in [2.05, 4.69) is 15.0 Å². The van der Waals surface area contributed by atoms with E-state index in [1.807, 2.05) is 19.1 Å². The Morgan fingerprint density at radius 2 is 1.64 bits per heavy atom. The highest BCUT2D eigenvalue weighted by Gasteiger charge is 2.31. The Bertz CT molecular complexity index is 752. The Morgan fingerprint density at radius 1 is 1.04 bits per heavy atom. The average Bonchev–Trinajstić information content (AvgIpc) is 2.58. The Morgan fingerprint density at radius 3 is 2.18 bits per heavy atom. The molecule has 1 heterocycles. The van der Waals surface area contributed by atoms with Gasteiger partial charge in [-0.2, -0.15) is 0 Å². The molecule has 28 heavy (non-hydrogen) atoms. The first kappa shape index (κ1) is 24.4. The van der Waals surface area contributed by atoms with Crippen LogP contribution in [0.15, 0.2) is 42.5 Å². The summed E-state index contributed by atoms with van der Waals surface area (Å²) in [5, 5.41) is 13.7. The molecule has 1 aliphatic rings. The molecule has 9 heteroatoms. The predicted molar refractivity (Wildman–Crippen MR) is 107 cm³/mol. The van der Waals surface area contributed by atoms with Gasteiger partial charge in [0.25, 0.3) is 0 Å². The second-order valence-electron chi connectivity index (χ2n) is 6.37. The second-order valence-corrected chi connectivity index (χ2v) is 6.37. The van der Waals surface area contributed by atoms with E-state index in [-0.39, 0.29) is 42.4 Å². The normalized spacial score (nSPS) is 15.9. The molecule has 0 spiro atoms. The van der Waals surface area contributed by atoms with E-state index in [1.165, 1.54) is 12.1 Å². The van der Waals surface area contributed by atoms with Crippen LogP contribution < -0.4 is 10.1 Å². The van der Waals surface area contributed by atoms with Gasteiger partial charge in [0.1, 0.15) is 11.5 Å². The molecular formula is C19H23Cl2F3N2O2. The number of phenols is 1. The van der Waals surface area contributed by atoms with E-state index in [9.17, 15) is 18.3 Å². The molecule has 0 aromatic heterocycles. The van der Waals surface area contributed by atoms with Crippen LogP contribution in [0, 0.1) is 6.92 Å². The molecule has 0 saturated carbocycles. The van der Waals surface area contributed by atoms with E-state index in [0.717, 1.165) is 42.9 Å². The maximum Gasteiger partial charge on any atom is 0.573 e. The first-order valence-electron chi connectivity index (χ1n) is 8.43. The van der Waals surface area contributed by atoms with Crippen molar-refractivity contribution in [2.75, 3.05) is 26.2 Å². The summed E-state index contributed by atoms with van der Waals surface area (Å²) in [7, 11) is 0. The third kappa shape index (κ3) is 6.17. The van der Waals surface area contributed by atoms with Gasteiger partial charge in [0, 0.05) is 31.7 Å². The first-order valence-corrected chi connectivity index (χ1v) is 8.43. The molecule has 2 aromatic carbocycles. The number of nitrogens with zero attached hydrogens (tertiary/aromatic N) is 1. The number of rotatable bonds is 4. The summed E-state index contributed by atoms with van der Waals surface area (Å²) in [4.78, 5) is 2.21. The molecule has 1 saturated heterocycles. The third-order valence-electron chi connectivity index (χ3n) is 4.43. The van der Waals surface area contributed by atoms with Gasteiger partial charge in [0.2, 0.25) is 0 Å². The number of piperazine rings is 1. The van der Waals surface area contributed by atoms with Gasteiger partial charge >= 0.3 is 6.36 Å². The van der Waals surface area contributed by atoms with E-state index in [4.69, 9.17) is 0 Å². The van der Waals surface area contributed by atoms with Crippen LogP contribution in [0.1, 0.15) is 22.7 Å². The van der Waals surface area contributed by atoms with Crippen LogP contribution in [0.4, 0.5) is 13.2 Å². The van der Waals surface area contributed by atoms with Crippen LogP contribution in [0.3, 0.4) is 0 Å². The zero-order valence-electron chi connectivity index (χ0n) is 15.2. The van der Waals surface area contributed by atoms with Crippen molar-refractivity contribution in [3.63, 3.8) is 0 Å². The first-order chi connectivity index (χ1) is 12.3. The lowest BCUT2D eigenvalue weighted by Gasteiger charge is -2.36. The number of hydrogen-bond acceptors (Lipinski definition) is 4. The van der Waals surface area contributed by atoms with Gasteiger partial charge < -0.3 is 15.2 Å². The Hall–Kier alpha value is -1.67. The minimum atomic E-state index is -4.71. The summed E-state index contributed by atoms with van der Waals surface area (Å²) in [6.45, 7) is 5.08. The molecule has 1 fully saturated rings. The minimum absolute atomic E-state index is 0. The molecule has 0 amide bonds. The van der Waals surface area contributed by atoms with Gasteiger partial charge in [-0.25, -0.2) is 0 Å². The minimum Gasteiger partial charge on any atom is -0.508 e. The van der Waals surface area contributed by atoms with Crippen LogP contribution in [0.25, 0.3) is 0 Å². The topological polar surface area (TPSA) is 44.7 Å². The number of halogens is 5. The van der Waals surface area contributed by atoms with Gasteiger partial charge in [-0.05, 0) is 36.2 Å². The lowest BCUT2D eigenvalue weighted by atomic mass is 9.94. The Balaban J connectivity index is 0.00000196. The monoisotopic (exact) mass is 438 g/mol. The number of aryl methyl sites for hydroxylation is 1. The molecular weight excluding hydrogens is 416 g/mol. The molecule has 2 N–H and O–H groups in total. The van der Waals surface area contributed by atoms with Crippen LogP contribution >= 0.6 is 24.8 Å². The van der Waals surface area contributed by atoms with Gasteiger partial charge in [0.15, 0.2) is 0 Å². The maximum atomic E-state index is 12.4. The zero-order chi connectivity index (χ0) is 18.7. The fraction of sp³-hybridized carbons (Fsp3) is 0.368. The third-order valence-corrected chi connectivity index (χ3v) is 4.43. The molecule has 2 aromatic rings. The van der Waals surface area contributed by atoms with Crippen molar-refractivity contribution in [3.8, 4) is 11.5 Å². The molecule has 4 nitrogen and oxygen atoms in total. The molecule has 0 bridgehead atoms. The van der Waals surface area contributed by atoms with Crippen LogP contribution in [0.2, 0.25) is 0 Å². The number of alkyl halides is 3. The predicted octanol–water partition coefficient (Wildman–Crippen LogP) is 4.44. The van der Waals surface area contributed by atoms with E-state index < -0.39 is 6.36 Å². The number of benzene rings is 2. The van der Waals surface area contributed by atoms with Crippen LogP contribution in [-0.4, -0.2) is 42.5 Å². The number of nitrogens with one attached hydrogen (secondary N) is 1. The van der Waals surface area contributed by atoms with Crippen molar-refractivity contribution in [2.24, 2.45) is 0 Å². The van der Waals surface area contributed by atoms with Crippen LogP contribution in [-0.2, 0) is 0 Å². The van der Waals surface area contributed by atoms with Crippen molar-refractivity contribution >= 4 is 24.8 Å². The molecule has 156 valence electrons. The lowest BCUT2D eigenvalue weighted by Crippen LogP contribution is -2.45. The van der Waals surface area contributed by atoms with Crippen molar-refractivity contribution in [1.29, 1.82) is 0 Å². The summed E-state index contributed by atoms with van der Waals surface area (Å²) >= 11 is 0. The summed E-state index contributed by atoms with van der Waals surface area (Å²) < 4.78 is 41.1. The number of ether oxygens (including phenoxy) is 1. The Labute approximate surface area is 174 Å². The fourth-order valence-electron chi connectivity index (χ4n) is 3.26. The molecule has 0 aliphatic carbocycles. The molecule has 0 unspecified atom stereocenters. The standard InChI is InChI=1S/C19H21F3N2O2.2ClH/c1-13-2-7-16(17(25)12-13)18(24-10-8-23-9-11-24)14-3-5-15(6-4-14)26-19(20,21)22;;/h2-7,12,18,23,25H,8-11H2,1H3;2*1H/t18-;;/m0../s1. The highest BCUT2D eigenvalue weighted by molar-refractivity contribution is 5.85. The highest BCUT2D eigenvalue weighted by atomic mass is 35.5. The largest absolute Gasteiger partial charge is 0.573 e. The zero-order valence-corrected chi connectivity index (χ0v) is 16.8. The van der Waals surface area contributed by atoms with Gasteiger partial charge in [-0.15, -0.1) is 38.0 Å². The quantitative estimate of drug-likeness (QED) is 0.740. The molecule has 1 aliphatic heterocycles. The number of hydrogen-bond donors (Lipinski definition) is 2. The summed E-state index contributed by atoms with van der Waals surface area (Å²) in [6, 6.07) is 11.1. The van der Waals surface area contributed by atoms with E-state index >= 15 is 0 Å². The smallest absolute Gasteiger partial charge is 0.508 e. The number of aromatic hydroxyl groups is 1. The Kier molecular flexibility index (Phi) is 8.88. The summed E-state index contributed by atoms with van der Waals surface area (Å²) in [5.74, 6) is -0.0717. The van der Waals surface area contributed by atoms with Gasteiger partial charge in [-0.3, -0.25) is 4.90 Å². The summed E-state index contributed by atoms with van der Waals surface area (Å²) in [6.07, 6.45) is -4.71. The van der Waals surface area contributed by atoms with Crippen LogP contribution in [0.5, 0.6) is 11.5 Å². The summed E-state index contributed by atoms with van der Waals surface area (Å²) in [5.41, 5.74) is 2.49. The van der Waals surface area contributed by atoms with Gasteiger partial charge in [0.05, 0.1) is 6.04 Å². The van der Waals surface area contributed by atoms with Gasteiger partial charge in [-0.1, -0.05) is 24.3 Å². The van der Waals surface area contributed by atoms with Crippen molar-refractivity contribution in [3.05, 3.63) is 59.2 Å².